The number of hydrogen-bond acceptors (Lipinski definition) is 4. The molecule has 0 aromatic heterocycles. The van der Waals surface area contributed by atoms with Crippen molar-refractivity contribution in [1.29, 1.82) is 0 Å². The molecule has 1 unspecified atom stereocenters. The van der Waals surface area contributed by atoms with Crippen LogP contribution < -0.4 is 0 Å². The van der Waals surface area contributed by atoms with E-state index in [4.69, 9.17) is 0 Å². The summed E-state index contributed by atoms with van der Waals surface area (Å²) < 4.78 is 0. The van der Waals surface area contributed by atoms with Crippen LogP contribution in [0.25, 0.3) is 0 Å². The Morgan fingerprint density at radius 2 is 1.30 bits per heavy atom. The maximum atomic E-state index is 12.9. The topological polar surface area (TPSA) is 68.3 Å². The van der Waals surface area contributed by atoms with Gasteiger partial charge in [0.2, 0.25) is 0 Å². The minimum Gasteiger partial charge on any atom is -0.294 e. The molecule has 3 aliphatic carbocycles. The summed E-state index contributed by atoms with van der Waals surface area (Å²) in [6, 6.07) is 8.83. The summed E-state index contributed by atoms with van der Waals surface area (Å²) in [4.78, 5) is 50.4. The Morgan fingerprint density at radius 3 is 1.96 bits per heavy atom. The van der Waals surface area contributed by atoms with Crippen LogP contribution in [0.15, 0.2) is 54.6 Å². The summed E-state index contributed by atoms with van der Waals surface area (Å²) in [7, 11) is 2.44. The van der Waals surface area contributed by atoms with Crippen LogP contribution in [-0.4, -0.2) is 28.3 Å². The summed E-state index contributed by atoms with van der Waals surface area (Å²) in [5.41, 5.74) is -0.706. The van der Waals surface area contributed by atoms with Gasteiger partial charge in [-0.3, -0.25) is 19.2 Å². The zero-order chi connectivity index (χ0) is 16.4. The van der Waals surface area contributed by atoms with Crippen molar-refractivity contribution in [2.45, 2.75) is 10.6 Å². The molecule has 5 atom stereocenters. The molecule has 0 radical (unpaired) electrons. The summed E-state index contributed by atoms with van der Waals surface area (Å²) in [6.45, 7) is 0. The molecule has 0 bridgehead atoms. The fraction of sp³-hybridized carbons (Fsp3) is 0.222. The molecule has 1 aromatic rings. The molecule has 0 aliphatic heterocycles. The molecular formula is C18H13O4P. The second-order valence-electron chi connectivity index (χ2n) is 6.20. The van der Waals surface area contributed by atoms with Crippen LogP contribution in [0.4, 0.5) is 0 Å². The van der Waals surface area contributed by atoms with Crippen molar-refractivity contribution < 1.29 is 19.2 Å². The van der Waals surface area contributed by atoms with Gasteiger partial charge in [0.15, 0.2) is 23.1 Å². The number of hydrogen-bond donors (Lipinski definition) is 0. The van der Waals surface area contributed by atoms with E-state index in [-0.39, 0.29) is 23.1 Å². The first-order chi connectivity index (χ1) is 11.0. The Bertz CT molecular complexity index is 838. The molecular weight excluding hydrogens is 311 g/mol. The van der Waals surface area contributed by atoms with E-state index < -0.39 is 22.4 Å². The molecule has 1 saturated carbocycles. The minimum absolute atomic E-state index is 0.270. The van der Waals surface area contributed by atoms with Crippen molar-refractivity contribution in [3.05, 3.63) is 60.2 Å². The average Bonchev–Trinajstić information content (AvgIpc) is 2.54. The SMILES string of the molecule is O=C1C=CC(=O)[C@@]2(P)[C@@H]1[C@@H]1C(=O)C=CC(=O)[C@@]12c1ccccc1. The fourth-order valence-corrected chi connectivity index (χ4v) is 5.39. The lowest BCUT2D eigenvalue weighted by molar-refractivity contribution is -0.160. The predicted molar refractivity (Wildman–Crippen MR) is 85.8 cm³/mol. The number of carbonyl (C=O) groups is 4. The first-order valence-electron chi connectivity index (χ1n) is 7.33. The molecule has 1 aromatic carbocycles. The number of benzene rings is 1. The highest BCUT2D eigenvalue weighted by atomic mass is 31.0. The molecule has 23 heavy (non-hydrogen) atoms. The highest BCUT2D eigenvalue weighted by molar-refractivity contribution is 7.22. The van der Waals surface area contributed by atoms with Gasteiger partial charge in [-0.2, -0.15) is 0 Å². The third-order valence-corrected chi connectivity index (χ3v) is 6.48. The second-order valence-corrected chi connectivity index (χ2v) is 7.11. The van der Waals surface area contributed by atoms with E-state index in [1.165, 1.54) is 24.3 Å². The lowest BCUT2D eigenvalue weighted by atomic mass is 9.37. The molecule has 0 spiro atoms. The van der Waals surface area contributed by atoms with Gasteiger partial charge >= 0.3 is 0 Å². The van der Waals surface area contributed by atoms with Crippen LogP contribution in [0.1, 0.15) is 5.56 Å². The van der Waals surface area contributed by atoms with Crippen molar-refractivity contribution in [2.75, 3.05) is 0 Å². The van der Waals surface area contributed by atoms with Gasteiger partial charge in [-0.1, -0.05) is 30.3 Å². The van der Waals surface area contributed by atoms with Crippen LogP contribution in [0.2, 0.25) is 0 Å². The average molecular weight is 324 g/mol. The van der Waals surface area contributed by atoms with Gasteiger partial charge in [0, 0.05) is 0 Å². The van der Waals surface area contributed by atoms with E-state index in [0.717, 1.165) is 0 Å². The zero-order valence-electron chi connectivity index (χ0n) is 12.1. The molecule has 1 fully saturated rings. The van der Waals surface area contributed by atoms with Crippen molar-refractivity contribution in [2.24, 2.45) is 11.8 Å². The largest absolute Gasteiger partial charge is 0.294 e. The standard InChI is InChI=1S/C18H13O4P/c19-11-6-8-13(21)17(10-4-2-1-3-5-10)15(11)16-12(20)7-9-14(22)18(16,17)23/h1-9,15-16H,23H2/t15-,16-,17-,18+/m0/s1. The summed E-state index contributed by atoms with van der Waals surface area (Å²) in [5.74, 6) is -2.76. The lowest BCUT2D eigenvalue weighted by Gasteiger charge is -2.65. The summed E-state index contributed by atoms with van der Waals surface area (Å²) in [5, 5.41) is -1.29. The van der Waals surface area contributed by atoms with Crippen molar-refractivity contribution in [1.82, 2.24) is 0 Å². The zero-order valence-corrected chi connectivity index (χ0v) is 13.2. The lowest BCUT2D eigenvalue weighted by Crippen LogP contribution is -2.80. The van der Waals surface area contributed by atoms with Crippen LogP contribution >= 0.6 is 9.24 Å². The highest BCUT2D eigenvalue weighted by Crippen LogP contribution is 2.67. The van der Waals surface area contributed by atoms with Crippen LogP contribution in [0, 0.1) is 11.8 Å². The highest BCUT2D eigenvalue weighted by Gasteiger charge is 2.80. The van der Waals surface area contributed by atoms with Gasteiger partial charge in [0.05, 0.1) is 22.4 Å². The van der Waals surface area contributed by atoms with Gasteiger partial charge in [-0.15, -0.1) is 9.24 Å². The Kier molecular flexibility index (Phi) is 2.77. The molecule has 3 aliphatic rings. The predicted octanol–water partition coefficient (Wildman–Crippen LogP) is 1.20. The Labute approximate surface area is 134 Å². The van der Waals surface area contributed by atoms with Crippen LogP contribution in [0.3, 0.4) is 0 Å². The monoisotopic (exact) mass is 324 g/mol. The molecule has 4 nitrogen and oxygen atoms in total. The number of allylic oxidation sites excluding steroid dienone is 4. The summed E-state index contributed by atoms with van der Waals surface area (Å²) >= 11 is 0. The number of ketones is 4. The molecule has 0 N–H and O–H groups in total. The third kappa shape index (κ3) is 1.41. The number of carbonyl (C=O) groups excluding carboxylic acids is 4. The Morgan fingerprint density at radius 1 is 0.739 bits per heavy atom. The first kappa shape index (κ1) is 14.4. The Balaban J connectivity index is 2.06. The van der Waals surface area contributed by atoms with Crippen molar-refractivity contribution >= 4 is 32.4 Å². The molecule has 114 valence electrons. The smallest absolute Gasteiger partial charge is 0.168 e. The van der Waals surface area contributed by atoms with E-state index in [1.807, 2.05) is 0 Å². The molecule has 0 saturated heterocycles. The van der Waals surface area contributed by atoms with Gasteiger partial charge < -0.3 is 0 Å². The summed E-state index contributed by atoms with van der Waals surface area (Å²) in [6.07, 6.45) is 4.92. The molecule has 5 heteroatoms. The molecule has 4 rings (SSSR count). The molecule has 0 heterocycles. The Hall–Kier alpha value is -2.19. The van der Waals surface area contributed by atoms with E-state index in [0.29, 0.717) is 5.56 Å². The van der Waals surface area contributed by atoms with Gasteiger partial charge in [-0.25, -0.2) is 0 Å². The molecule has 0 amide bonds. The van der Waals surface area contributed by atoms with Gasteiger partial charge in [0.25, 0.3) is 0 Å². The van der Waals surface area contributed by atoms with E-state index in [9.17, 15) is 19.2 Å². The second kappa shape index (κ2) is 4.42. The minimum atomic E-state index is -1.31. The van der Waals surface area contributed by atoms with Crippen molar-refractivity contribution in [3.8, 4) is 0 Å². The maximum absolute atomic E-state index is 12.9. The maximum Gasteiger partial charge on any atom is 0.168 e. The van der Waals surface area contributed by atoms with Crippen molar-refractivity contribution in [3.63, 3.8) is 0 Å². The van der Waals surface area contributed by atoms with E-state index in [2.05, 4.69) is 9.24 Å². The van der Waals surface area contributed by atoms with Crippen LogP contribution in [-0.2, 0) is 24.6 Å². The van der Waals surface area contributed by atoms with E-state index >= 15 is 0 Å². The van der Waals surface area contributed by atoms with Gasteiger partial charge in [0.1, 0.15) is 0 Å². The normalized spacial score (nSPS) is 38.1. The first-order valence-corrected chi connectivity index (χ1v) is 7.90. The van der Waals surface area contributed by atoms with E-state index in [1.54, 1.807) is 30.3 Å². The fourth-order valence-electron chi connectivity index (χ4n) is 4.44. The van der Waals surface area contributed by atoms with Gasteiger partial charge in [-0.05, 0) is 29.9 Å². The number of fused-ring (bicyclic) bond motifs is 4. The third-order valence-electron chi connectivity index (χ3n) is 5.38. The number of rotatable bonds is 1. The van der Waals surface area contributed by atoms with Crippen LogP contribution in [0.5, 0.6) is 0 Å². The quantitative estimate of drug-likeness (QED) is 0.728.